The summed E-state index contributed by atoms with van der Waals surface area (Å²) in [6, 6.07) is 8.20. The summed E-state index contributed by atoms with van der Waals surface area (Å²) in [7, 11) is 0. The molecule has 0 spiro atoms. The first-order valence-electron chi connectivity index (χ1n) is 8.81. The van der Waals surface area contributed by atoms with Crippen LogP contribution in [0, 0.1) is 0 Å². The van der Waals surface area contributed by atoms with E-state index < -0.39 is 0 Å². The Morgan fingerprint density at radius 2 is 1.84 bits per heavy atom. The lowest BCUT2D eigenvalue weighted by atomic mass is 10.00. The number of carbonyl (C=O) groups is 1. The zero-order valence-electron chi connectivity index (χ0n) is 14.0. The van der Waals surface area contributed by atoms with Gasteiger partial charge in [-0.1, -0.05) is 6.07 Å². The van der Waals surface area contributed by atoms with Crippen LogP contribution in [0.2, 0.25) is 0 Å². The van der Waals surface area contributed by atoms with Gasteiger partial charge in [0.1, 0.15) is 11.9 Å². The zero-order valence-corrected chi connectivity index (χ0v) is 14.0. The average molecular weight is 338 g/mol. The van der Waals surface area contributed by atoms with E-state index in [-0.39, 0.29) is 24.2 Å². The fraction of sp³-hybridized carbons (Fsp3) is 0.421. The second-order valence-electron chi connectivity index (χ2n) is 6.71. The van der Waals surface area contributed by atoms with Gasteiger partial charge in [-0.15, -0.1) is 0 Å². The Labute approximate surface area is 147 Å². The maximum atomic E-state index is 12.6. The highest BCUT2D eigenvalue weighted by Crippen LogP contribution is 2.37. The summed E-state index contributed by atoms with van der Waals surface area (Å²) in [6.07, 6.45) is 11.0. The largest absolute Gasteiger partial charge is 0.489 e. The molecular weight excluding hydrogens is 316 g/mol. The molecule has 2 bridgehead atoms. The first kappa shape index (κ1) is 15.9. The number of aromatic nitrogens is 2. The van der Waals surface area contributed by atoms with Crippen LogP contribution in [0.25, 0.3) is 0 Å². The topological polar surface area (TPSA) is 67.4 Å². The molecular formula is C19H22N4O2. The minimum atomic E-state index is 0.0242. The second-order valence-corrected chi connectivity index (χ2v) is 6.71. The highest BCUT2D eigenvalue weighted by Gasteiger charge is 2.44. The van der Waals surface area contributed by atoms with Gasteiger partial charge in [0.25, 0.3) is 0 Å². The Morgan fingerprint density at radius 3 is 2.48 bits per heavy atom. The Morgan fingerprint density at radius 1 is 1.12 bits per heavy atom. The summed E-state index contributed by atoms with van der Waals surface area (Å²) >= 11 is 0. The van der Waals surface area contributed by atoms with Gasteiger partial charge in [0, 0.05) is 50.1 Å². The van der Waals surface area contributed by atoms with Crippen LogP contribution in [-0.2, 0) is 6.54 Å². The Balaban J connectivity index is 1.34. The number of hydrogen-bond acceptors (Lipinski definition) is 4. The molecule has 2 saturated heterocycles. The number of nitrogens with one attached hydrogen (secondary N) is 1. The van der Waals surface area contributed by atoms with E-state index in [4.69, 9.17) is 4.74 Å². The molecule has 2 unspecified atom stereocenters. The molecule has 4 heterocycles. The minimum Gasteiger partial charge on any atom is -0.489 e. The summed E-state index contributed by atoms with van der Waals surface area (Å²) < 4.78 is 6.06. The van der Waals surface area contributed by atoms with Crippen LogP contribution in [0.15, 0.2) is 49.1 Å². The van der Waals surface area contributed by atoms with Gasteiger partial charge in [-0.05, 0) is 36.6 Å². The van der Waals surface area contributed by atoms with Gasteiger partial charge >= 0.3 is 6.03 Å². The maximum Gasteiger partial charge on any atom is 0.318 e. The number of hydrogen-bond donors (Lipinski definition) is 1. The standard InChI is InChI=1S/C19H22N4O2/c24-19(22-12-14-3-1-7-20-11-14)23-15-5-6-16(23)10-18(9-15)25-17-4-2-8-21-13-17/h1-4,7-8,11,13,15-16,18H,5-6,9-10,12H2,(H,22,24). The predicted molar refractivity (Wildman–Crippen MR) is 93.0 cm³/mol. The molecule has 0 saturated carbocycles. The van der Waals surface area contributed by atoms with Gasteiger partial charge in [-0.2, -0.15) is 0 Å². The molecule has 130 valence electrons. The highest BCUT2D eigenvalue weighted by molar-refractivity contribution is 5.75. The number of nitrogens with zero attached hydrogens (tertiary/aromatic N) is 3. The summed E-state index contributed by atoms with van der Waals surface area (Å²) in [5, 5.41) is 3.03. The third-order valence-electron chi connectivity index (χ3n) is 5.03. The monoisotopic (exact) mass is 338 g/mol. The first-order chi connectivity index (χ1) is 12.3. The van der Waals surface area contributed by atoms with E-state index in [2.05, 4.69) is 15.3 Å². The van der Waals surface area contributed by atoms with Crippen LogP contribution < -0.4 is 10.1 Å². The van der Waals surface area contributed by atoms with Crippen molar-refractivity contribution < 1.29 is 9.53 Å². The normalized spacial score (nSPS) is 24.8. The number of urea groups is 1. The molecule has 2 aromatic heterocycles. The number of rotatable bonds is 4. The minimum absolute atomic E-state index is 0.0242. The molecule has 2 amide bonds. The summed E-state index contributed by atoms with van der Waals surface area (Å²) in [5.41, 5.74) is 1.01. The molecule has 25 heavy (non-hydrogen) atoms. The van der Waals surface area contributed by atoms with Crippen molar-refractivity contribution in [3.05, 3.63) is 54.6 Å². The fourth-order valence-corrected chi connectivity index (χ4v) is 3.94. The summed E-state index contributed by atoms with van der Waals surface area (Å²) in [4.78, 5) is 22.8. The molecule has 2 aliphatic rings. The zero-order chi connectivity index (χ0) is 17.1. The molecule has 2 aliphatic heterocycles. The Hall–Kier alpha value is -2.63. The Kier molecular flexibility index (Phi) is 4.50. The van der Waals surface area contributed by atoms with Crippen molar-refractivity contribution in [2.24, 2.45) is 0 Å². The van der Waals surface area contributed by atoms with E-state index in [1.807, 2.05) is 29.2 Å². The Bertz CT molecular complexity index is 696. The molecule has 0 aromatic carbocycles. The van der Waals surface area contributed by atoms with Crippen molar-refractivity contribution in [3.8, 4) is 5.75 Å². The number of piperidine rings is 1. The number of carbonyl (C=O) groups excluding carboxylic acids is 1. The van der Waals surface area contributed by atoms with Gasteiger partial charge in [-0.3, -0.25) is 9.97 Å². The quantitative estimate of drug-likeness (QED) is 0.931. The van der Waals surface area contributed by atoms with Crippen LogP contribution in [0.3, 0.4) is 0 Å². The summed E-state index contributed by atoms with van der Waals surface area (Å²) in [5.74, 6) is 0.807. The van der Waals surface area contributed by atoms with Crippen LogP contribution >= 0.6 is 0 Å². The van der Waals surface area contributed by atoms with E-state index in [9.17, 15) is 4.79 Å². The third-order valence-corrected chi connectivity index (χ3v) is 5.03. The van der Waals surface area contributed by atoms with Crippen LogP contribution in [0.1, 0.15) is 31.2 Å². The third kappa shape index (κ3) is 3.57. The first-order valence-corrected chi connectivity index (χ1v) is 8.81. The molecule has 1 N–H and O–H groups in total. The number of fused-ring (bicyclic) bond motifs is 2. The molecule has 2 fully saturated rings. The van der Waals surface area contributed by atoms with Gasteiger partial charge in [-0.25, -0.2) is 4.79 Å². The highest BCUT2D eigenvalue weighted by atomic mass is 16.5. The predicted octanol–water partition coefficient (Wildman–Crippen LogP) is 2.76. The van der Waals surface area contributed by atoms with E-state index >= 15 is 0 Å². The molecule has 0 radical (unpaired) electrons. The SMILES string of the molecule is O=C(NCc1cccnc1)N1C2CCC1CC(Oc1cccnc1)C2. The van der Waals surface area contributed by atoms with Gasteiger partial charge < -0.3 is 15.0 Å². The van der Waals surface area contributed by atoms with Crippen molar-refractivity contribution in [1.82, 2.24) is 20.2 Å². The van der Waals surface area contributed by atoms with E-state index in [0.29, 0.717) is 6.54 Å². The average Bonchev–Trinajstić information content (AvgIpc) is 2.92. The molecule has 0 aliphatic carbocycles. The summed E-state index contributed by atoms with van der Waals surface area (Å²) in [6.45, 7) is 0.512. The van der Waals surface area contributed by atoms with Crippen molar-refractivity contribution in [1.29, 1.82) is 0 Å². The van der Waals surface area contributed by atoms with Crippen molar-refractivity contribution in [3.63, 3.8) is 0 Å². The number of ether oxygens (including phenoxy) is 1. The maximum absolute atomic E-state index is 12.6. The van der Waals surface area contributed by atoms with Gasteiger partial charge in [0.15, 0.2) is 0 Å². The number of amides is 2. The van der Waals surface area contributed by atoms with Crippen molar-refractivity contribution in [2.45, 2.75) is 50.4 Å². The van der Waals surface area contributed by atoms with Crippen LogP contribution in [-0.4, -0.2) is 39.1 Å². The second kappa shape index (κ2) is 7.09. The molecule has 2 aromatic rings. The van der Waals surface area contributed by atoms with Crippen LogP contribution in [0.4, 0.5) is 4.79 Å². The molecule has 4 rings (SSSR count). The molecule has 2 atom stereocenters. The fourth-order valence-electron chi connectivity index (χ4n) is 3.94. The lowest BCUT2D eigenvalue weighted by Crippen LogP contribution is -2.52. The lowest BCUT2D eigenvalue weighted by Gasteiger charge is -2.38. The van der Waals surface area contributed by atoms with Gasteiger partial charge in [0.05, 0.1) is 6.20 Å². The van der Waals surface area contributed by atoms with E-state index in [1.165, 1.54) is 0 Å². The van der Waals surface area contributed by atoms with Crippen LogP contribution in [0.5, 0.6) is 5.75 Å². The smallest absolute Gasteiger partial charge is 0.318 e. The number of pyridine rings is 2. The van der Waals surface area contributed by atoms with E-state index in [1.54, 1.807) is 24.8 Å². The van der Waals surface area contributed by atoms with E-state index in [0.717, 1.165) is 37.0 Å². The lowest BCUT2D eigenvalue weighted by molar-refractivity contribution is 0.0684. The molecule has 6 heteroatoms. The van der Waals surface area contributed by atoms with Crippen molar-refractivity contribution >= 4 is 6.03 Å². The van der Waals surface area contributed by atoms with Crippen molar-refractivity contribution in [2.75, 3.05) is 0 Å². The van der Waals surface area contributed by atoms with Gasteiger partial charge in [0.2, 0.25) is 0 Å². The molecule has 6 nitrogen and oxygen atoms in total.